The van der Waals surface area contributed by atoms with Crippen LogP contribution < -0.4 is 14.8 Å². The predicted octanol–water partition coefficient (Wildman–Crippen LogP) is 3.60. The van der Waals surface area contributed by atoms with E-state index in [0.717, 1.165) is 5.56 Å². The number of hydrogen-bond acceptors (Lipinski definition) is 4. The third-order valence-electron chi connectivity index (χ3n) is 3.59. The first kappa shape index (κ1) is 17.9. The SMILES string of the molecule is COc1cc(OC)c(N[C@H](C(=O)N(C)C)c2ccccc2)cc1Cl. The van der Waals surface area contributed by atoms with Crippen LogP contribution in [0.4, 0.5) is 5.69 Å². The second-order valence-electron chi connectivity index (χ2n) is 5.41. The number of anilines is 1. The first-order valence-electron chi connectivity index (χ1n) is 7.42. The maximum atomic E-state index is 12.6. The Balaban J connectivity index is 2.43. The van der Waals surface area contributed by atoms with Crippen molar-refractivity contribution in [2.75, 3.05) is 33.6 Å². The Labute approximate surface area is 147 Å². The zero-order valence-electron chi connectivity index (χ0n) is 14.2. The van der Waals surface area contributed by atoms with E-state index in [2.05, 4.69) is 5.32 Å². The first-order valence-corrected chi connectivity index (χ1v) is 7.80. The maximum absolute atomic E-state index is 12.6. The van der Waals surface area contributed by atoms with E-state index in [1.807, 2.05) is 30.3 Å². The summed E-state index contributed by atoms with van der Waals surface area (Å²) in [5.74, 6) is 0.980. The van der Waals surface area contributed by atoms with Gasteiger partial charge in [0.15, 0.2) is 0 Å². The molecule has 128 valence electrons. The summed E-state index contributed by atoms with van der Waals surface area (Å²) >= 11 is 6.21. The van der Waals surface area contributed by atoms with E-state index in [4.69, 9.17) is 21.1 Å². The molecule has 2 rings (SSSR count). The second-order valence-corrected chi connectivity index (χ2v) is 5.81. The van der Waals surface area contributed by atoms with Crippen molar-refractivity contribution in [3.63, 3.8) is 0 Å². The molecular formula is C18H21ClN2O3. The number of carbonyl (C=O) groups excluding carboxylic acids is 1. The Kier molecular flexibility index (Phi) is 5.93. The molecule has 0 fully saturated rings. The molecule has 24 heavy (non-hydrogen) atoms. The molecule has 0 aliphatic rings. The monoisotopic (exact) mass is 348 g/mol. The standard InChI is InChI=1S/C18H21ClN2O3/c1-21(2)18(22)17(12-8-6-5-7-9-12)20-14-10-13(19)15(23-3)11-16(14)24-4/h5-11,17,20H,1-4H3/t17-/m0/s1. The minimum atomic E-state index is -0.556. The highest BCUT2D eigenvalue weighted by molar-refractivity contribution is 6.32. The van der Waals surface area contributed by atoms with E-state index in [0.29, 0.717) is 22.2 Å². The van der Waals surface area contributed by atoms with Crippen LogP contribution in [0.25, 0.3) is 0 Å². The van der Waals surface area contributed by atoms with E-state index in [1.165, 1.54) is 7.11 Å². The third-order valence-corrected chi connectivity index (χ3v) is 3.89. The summed E-state index contributed by atoms with van der Waals surface area (Å²) in [5.41, 5.74) is 1.47. The lowest BCUT2D eigenvalue weighted by Gasteiger charge is -2.24. The third kappa shape index (κ3) is 3.92. The van der Waals surface area contributed by atoms with Crippen LogP contribution in [0, 0.1) is 0 Å². The highest BCUT2D eigenvalue weighted by Crippen LogP contribution is 2.37. The highest BCUT2D eigenvalue weighted by Gasteiger charge is 2.24. The van der Waals surface area contributed by atoms with Crippen molar-refractivity contribution in [1.29, 1.82) is 0 Å². The van der Waals surface area contributed by atoms with E-state index >= 15 is 0 Å². The lowest BCUT2D eigenvalue weighted by molar-refractivity contribution is -0.129. The average molecular weight is 349 g/mol. The fourth-order valence-corrected chi connectivity index (χ4v) is 2.56. The van der Waals surface area contributed by atoms with E-state index < -0.39 is 6.04 Å². The van der Waals surface area contributed by atoms with Gasteiger partial charge in [0.2, 0.25) is 5.91 Å². The van der Waals surface area contributed by atoms with Gasteiger partial charge in [0, 0.05) is 20.2 Å². The van der Waals surface area contributed by atoms with Crippen molar-refractivity contribution in [3.05, 3.63) is 53.1 Å². The number of carbonyl (C=O) groups is 1. The molecule has 2 aromatic carbocycles. The molecule has 0 saturated heterocycles. The Morgan fingerprint density at radius 2 is 1.71 bits per heavy atom. The van der Waals surface area contributed by atoms with Crippen LogP contribution in [-0.4, -0.2) is 39.1 Å². The number of ether oxygens (including phenoxy) is 2. The van der Waals surface area contributed by atoms with Gasteiger partial charge in [0.1, 0.15) is 17.5 Å². The zero-order chi connectivity index (χ0) is 17.7. The van der Waals surface area contributed by atoms with E-state index in [1.54, 1.807) is 38.2 Å². The summed E-state index contributed by atoms with van der Waals surface area (Å²) in [6.45, 7) is 0. The van der Waals surface area contributed by atoms with Crippen molar-refractivity contribution in [3.8, 4) is 11.5 Å². The molecule has 0 bridgehead atoms. The van der Waals surface area contributed by atoms with Crippen molar-refractivity contribution < 1.29 is 14.3 Å². The number of methoxy groups -OCH3 is 2. The predicted molar refractivity (Wildman–Crippen MR) is 96.1 cm³/mol. The highest BCUT2D eigenvalue weighted by atomic mass is 35.5. The van der Waals surface area contributed by atoms with Crippen LogP contribution in [0.1, 0.15) is 11.6 Å². The van der Waals surface area contributed by atoms with Gasteiger partial charge in [-0.05, 0) is 11.6 Å². The van der Waals surface area contributed by atoms with Crippen LogP contribution in [-0.2, 0) is 4.79 Å². The number of benzene rings is 2. The zero-order valence-corrected chi connectivity index (χ0v) is 14.9. The second kappa shape index (κ2) is 7.93. The van der Waals surface area contributed by atoms with Gasteiger partial charge in [-0.3, -0.25) is 4.79 Å². The number of likely N-dealkylation sites (N-methyl/N-ethyl adjacent to an activating group) is 1. The lowest BCUT2D eigenvalue weighted by atomic mass is 10.1. The summed E-state index contributed by atoms with van der Waals surface area (Å²) < 4.78 is 10.6. The summed E-state index contributed by atoms with van der Waals surface area (Å²) in [5, 5.41) is 3.67. The molecule has 0 saturated carbocycles. The molecule has 1 N–H and O–H groups in total. The van der Waals surface area contributed by atoms with Gasteiger partial charge in [-0.15, -0.1) is 0 Å². The van der Waals surface area contributed by atoms with Crippen molar-refractivity contribution >= 4 is 23.2 Å². The van der Waals surface area contributed by atoms with Crippen LogP contribution in [0.5, 0.6) is 11.5 Å². The molecule has 1 atom stereocenters. The van der Waals surface area contributed by atoms with Crippen molar-refractivity contribution in [2.24, 2.45) is 0 Å². The Bertz CT molecular complexity index is 705. The average Bonchev–Trinajstić information content (AvgIpc) is 2.59. The number of rotatable bonds is 6. The molecule has 1 amide bonds. The Morgan fingerprint density at radius 1 is 1.08 bits per heavy atom. The smallest absolute Gasteiger partial charge is 0.249 e. The molecule has 6 heteroatoms. The molecule has 0 aromatic heterocycles. The minimum absolute atomic E-state index is 0.0739. The van der Waals surface area contributed by atoms with E-state index in [-0.39, 0.29) is 5.91 Å². The maximum Gasteiger partial charge on any atom is 0.249 e. The van der Waals surface area contributed by atoms with Gasteiger partial charge < -0.3 is 19.7 Å². The number of hydrogen-bond donors (Lipinski definition) is 1. The molecule has 0 aliphatic heterocycles. The van der Waals surface area contributed by atoms with Gasteiger partial charge in [0.25, 0.3) is 0 Å². The number of amides is 1. The number of nitrogens with one attached hydrogen (secondary N) is 1. The molecule has 0 spiro atoms. The molecule has 2 aromatic rings. The molecule has 5 nitrogen and oxygen atoms in total. The number of halogens is 1. The largest absolute Gasteiger partial charge is 0.495 e. The van der Waals surface area contributed by atoms with Crippen LogP contribution >= 0.6 is 11.6 Å². The summed E-state index contributed by atoms with van der Waals surface area (Å²) in [6.07, 6.45) is 0. The molecule has 0 heterocycles. The number of nitrogens with zero attached hydrogens (tertiary/aromatic N) is 1. The Morgan fingerprint density at radius 3 is 2.25 bits per heavy atom. The molecular weight excluding hydrogens is 328 g/mol. The summed E-state index contributed by atoms with van der Waals surface area (Å²) in [7, 11) is 6.53. The topological polar surface area (TPSA) is 50.8 Å². The van der Waals surface area contributed by atoms with Crippen LogP contribution in [0.2, 0.25) is 5.02 Å². The minimum Gasteiger partial charge on any atom is -0.495 e. The van der Waals surface area contributed by atoms with E-state index in [9.17, 15) is 4.79 Å². The molecule has 0 unspecified atom stereocenters. The molecule has 0 radical (unpaired) electrons. The van der Waals surface area contributed by atoms with Gasteiger partial charge in [-0.2, -0.15) is 0 Å². The van der Waals surface area contributed by atoms with Crippen LogP contribution in [0.3, 0.4) is 0 Å². The normalized spacial score (nSPS) is 11.5. The van der Waals surface area contributed by atoms with Crippen LogP contribution in [0.15, 0.2) is 42.5 Å². The summed E-state index contributed by atoms with van der Waals surface area (Å²) in [4.78, 5) is 14.2. The summed E-state index contributed by atoms with van der Waals surface area (Å²) in [6, 6.07) is 12.3. The van der Waals surface area contributed by atoms with Gasteiger partial charge >= 0.3 is 0 Å². The fourth-order valence-electron chi connectivity index (χ4n) is 2.32. The first-order chi connectivity index (χ1) is 11.5. The van der Waals surface area contributed by atoms with Gasteiger partial charge in [-0.1, -0.05) is 41.9 Å². The van der Waals surface area contributed by atoms with Gasteiger partial charge in [0.05, 0.1) is 24.9 Å². The Hall–Kier alpha value is -2.40. The van der Waals surface area contributed by atoms with Crippen molar-refractivity contribution in [2.45, 2.75) is 6.04 Å². The fraction of sp³-hybridized carbons (Fsp3) is 0.278. The molecule has 0 aliphatic carbocycles. The van der Waals surface area contributed by atoms with Crippen molar-refractivity contribution in [1.82, 2.24) is 4.90 Å². The quantitative estimate of drug-likeness (QED) is 0.866. The van der Waals surface area contributed by atoms with Gasteiger partial charge in [-0.25, -0.2) is 0 Å². The lowest BCUT2D eigenvalue weighted by Crippen LogP contribution is -2.32.